The Morgan fingerprint density at radius 2 is 1.72 bits per heavy atom. The fraction of sp³-hybridized carbons (Fsp3) is 0.632. The van der Waals surface area contributed by atoms with Crippen LogP contribution in [0.15, 0.2) is 30.3 Å². The number of likely N-dealkylation sites (tertiary alicyclic amines) is 1. The van der Waals surface area contributed by atoms with E-state index < -0.39 is 0 Å². The highest BCUT2D eigenvalue weighted by molar-refractivity contribution is 5.85. The van der Waals surface area contributed by atoms with Crippen LogP contribution in [0.2, 0.25) is 0 Å². The van der Waals surface area contributed by atoms with Gasteiger partial charge in [-0.25, -0.2) is 0 Å². The maximum Gasteiger partial charge on any atom is 0.231 e. The van der Waals surface area contributed by atoms with E-state index in [4.69, 9.17) is 15.2 Å². The first-order valence-corrected chi connectivity index (χ1v) is 9.05. The largest absolute Gasteiger partial charge is 0.381 e. The van der Waals surface area contributed by atoms with Gasteiger partial charge < -0.3 is 20.1 Å². The highest BCUT2D eigenvalue weighted by Crippen LogP contribution is 2.23. The molecule has 1 aromatic rings. The van der Waals surface area contributed by atoms with Crippen LogP contribution in [0.3, 0.4) is 0 Å². The average molecular weight is 369 g/mol. The van der Waals surface area contributed by atoms with E-state index in [9.17, 15) is 4.79 Å². The van der Waals surface area contributed by atoms with E-state index in [1.165, 1.54) is 0 Å². The molecule has 25 heavy (non-hydrogen) atoms. The van der Waals surface area contributed by atoms with Gasteiger partial charge >= 0.3 is 0 Å². The maximum atomic E-state index is 12.8. The summed E-state index contributed by atoms with van der Waals surface area (Å²) in [5.41, 5.74) is 6.88. The van der Waals surface area contributed by atoms with Crippen LogP contribution < -0.4 is 5.73 Å². The van der Waals surface area contributed by atoms with Crippen LogP contribution in [-0.2, 0) is 14.3 Å². The topological polar surface area (TPSA) is 64.8 Å². The summed E-state index contributed by atoms with van der Waals surface area (Å²) in [5.74, 6) is -0.0904. The third kappa shape index (κ3) is 5.42. The van der Waals surface area contributed by atoms with Gasteiger partial charge in [0.1, 0.15) is 0 Å². The van der Waals surface area contributed by atoms with Gasteiger partial charge in [0.25, 0.3) is 0 Å². The third-order valence-electron chi connectivity index (χ3n) is 5.04. The van der Waals surface area contributed by atoms with Gasteiger partial charge in [0, 0.05) is 32.8 Å². The Kier molecular flexibility index (Phi) is 8.16. The van der Waals surface area contributed by atoms with Gasteiger partial charge in [0.05, 0.1) is 18.1 Å². The standard InChI is InChI=1S/C19H28N2O3.ClH/c20-14-18(15-4-2-1-3-5-15)19(22)21-10-6-16(7-11-21)24-17-8-12-23-13-9-17;/h1-5,16-18H,6-14,20H2;1H. The first-order chi connectivity index (χ1) is 11.8. The predicted molar refractivity (Wildman–Crippen MR) is 100 cm³/mol. The smallest absolute Gasteiger partial charge is 0.231 e. The van der Waals surface area contributed by atoms with Gasteiger partial charge in [-0.15, -0.1) is 12.4 Å². The third-order valence-corrected chi connectivity index (χ3v) is 5.04. The molecule has 0 spiro atoms. The van der Waals surface area contributed by atoms with Crippen LogP contribution in [0.5, 0.6) is 0 Å². The Labute approximate surface area is 156 Å². The maximum absolute atomic E-state index is 12.8. The number of carbonyl (C=O) groups excluding carboxylic acids is 1. The lowest BCUT2D eigenvalue weighted by molar-refractivity contribution is -0.137. The summed E-state index contributed by atoms with van der Waals surface area (Å²) in [6, 6.07) is 9.84. The number of halogens is 1. The van der Waals surface area contributed by atoms with E-state index >= 15 is 0 Å². The summed E-state index contributed by atoms with van der Waals surface area (Å²) in [7, 11) is 0. The molecule has 5 nitrogen and oxygen atoms in total. The Bertz CT molecular complexity index is 515. The lowest BCUT2D eigenvalue weighted by atomic mass is 9.96. The van der Waals surface area contributed by atoms with Gasteiger partial charge in [-0.3, -0.25) is 4.79 Å². The van der Waals surface area contributed by atoms with Crippen molar-refractivity contribution in [1.29, 1.82) is 0 Å². The fourth-order valence-corrected chi connectivity index (χ4v) is 3.58. The Morgan fingerprint density at radius 3 is 2.32 bits per heavy atom. The molecule has 3 rings (SSSR count). The SMILES string of the molecule is Cl.NCC(C(=O)N1CCC(OC2CCOCC2)CC1)c1ccccc1. The lowest BCUT2D eigenvalue weighted by Crippen LogP contribution is -2.45. The Hall–Kier alpha value is -1.14. The molecule has 6 heteroatoms. The van der Waals surface area contributed by atoms with Crippen molar-refractivity contribution in [2.24, 2.45) is 5.73 Å². The normalized spacial score (nSPS) is 20.8. The zero-order valence-electron chi connectivity index (χ0n) is 14.6. The summed E-state index contributed by atoms with van der Waals surface area (Å²) >= 11 is 0. The molecule has 2 fully saturated rings. The van der Waals surface area contributed by atoms with Crippen molar-refractivity contribution in [1.82, 2.24) is 4.90 Å². The van der Waals surface area contributed by atoms with Gasteiger partial charge in [0.15, 0.2) is 0 Å². The molecule has 0 aromatic heterocycles. The van der Waals surface area contributed by atoms with Gasteiger partial charge in [-0.1, -0.05) is 30.3 Å². The number of carbonyl (C=O) groups is 1. The molecule has 0 bridgehead atoms. The molecule has 1 amide bonds. The lowest BCUT2D eigenvalue weighted by Gasteiger charge is -2.36. The molecule has 1 atom stereocenters. The molecule has 0 saturated carbocycles. The minimum absolute atomic E-state index is 0. The van der Waals surface area contributed by atoms with E-state index in [1.807, 2.05) is 35.2 Å². The van der Waals surface area contributed by atoms with Crippen LogP contribution in [0, 0.1) is 0 Å². The van der Waals surface area contributed by atoms with Crippen LogP contribution in [0.1, 0.15) is 37.2 Å². The Morgan fingerprint density at radius 1 is 1.12 bits per heavy atom. The van der Waals surface area contributed by atoms with Crippen LogP contribution >= 0.6 is 12.4 Å². The van der Waals surface area contributed by atoms with Gasteiger partial charge in [0.2, 0.25) is 5.91 Å². The molecule has 2 heterocycles. The predicted octanol–water partition coefficient (Wildman–Crippen LogP) is 2.34. The summed E-state index contributed by atoms with van der Waals surface area (Å²) < 4.78 is 11.6. The first kappa shape index (κ1) is 20.2. The minimum Gasteiger partial charge on any atom is -0.381 e. The minimum atomic E-state index is -0.237. The number of piperidine rings is 1. The monoisotopic (exact) mass is 368 g/mol. The van der Waals surface area contributed by atoms with E-state index in [1.54, 1.807) is 0 Å². The summed E-state index contributed by atoms with van der Waals surface area (Å²) in [5, 5.41) is 0. The molecule has 1 aromatic carbocycles. The van der Waals surface area contributed by atoms with E-state index in [0.717, 1.165) is 57.6 Å². The molecular formula is C19H29ClN2O3. The van der Waals surface area contributed by atoms with Crippen molar-refractivity contribution >= 4 is 18.3 Å². The van der Waals surface area contributed by atoms with E-state index in [2.05, 4.69) is 0 Å². The molecule has 2 aliphatic heterocycles. The van der Waals surface area contributed by atoms with Gasteiger partial charge in [-0.05, 0) is 31.2 Å². The summed E-state index contributed by atoms with van der Waals surface area (Å²) in [4.78, 5) is 14.8. The van der Waals surface area contributed by atoms with Crippen molar-refractivity contribution < 1.29 is 14.3 Å². The van der Waals surface area contributed by atoms with Crippen LogP contribution in [0.4, 0.5) is 0 Å². The number of nitrogens with zero attached hydrogens (tertiary/aromatic N) is 1. The van der Waals surface area contributed by atoms with Crippen molar-refractivity contribution in [2.45, 2.75) is 43.8 Å². The second-order valence-corrected chi connectivity index (χ2v) is 6.67. The highest BCUT2D eigenvalue weighted by Gasteiger charge is 2.30. The molecule has 2 aliphatic rings. The van der Waals surface area contributed by atoms with Gasteiger partial charge in [-0.2, -0.15) is 0 Å². The highest BCUT2D eigenvalue weighted by atomic mass is 35.5. The quantitative estimate of drug-likeness (QED) is 0.866. The number of ether oxygens (including phenoxy) is 2. The molecule has 140 valence electrons. The summed E-state index contributed by atoms with van der Waals surface area (Å²) in [6.45, 7) is 3.47. The Balaban J connectivity index is 0.00000225. The molecular weight excluding hydrogens is 340 g/mol. The van der Waals surface area contributed by atoms with Crippen molar-refractivity contribution in [3.8, 4) is 0 Å². The van der Waals surface area contributed by atoms with E-state index in [-0.39, 0.29) is 30.3 Å². The zero-order chi connectivity index (χ0) is 16.8. The number of rotatable bonds is 5. The molecule has 2 N–H and O–H groups in total. The first-order valence-electron chi connectivity index (χ1n) is 9.05. The number of hydrogen-bond donors (Lipinski definition) is 1. The van der Waals surface area contributed by atoms with Crippen molar-refractivity contribution in [2.75, 3.05) is 32.8 Å². The van der Waals surface area contributed by atoms with E-state index in [0.29, 0.717) is 12.6 Å². The number of nitrogens with two attached hydrogens (primary N) is 1. The molecule has 0 radical (unpaired) electrons. The average Bonchev–Trinajstić information content (AvgIpc) is 2.65. The van der Waals surface area contributed by atoms with Crippen LogP contribution in [-0.4, -0.2) is 55.9 Å². The second kappa shape index (κ2) is 10.1. The molecule has 0 aliphatic carbocycles. The summed E-state index contributed by atoms with van der Waals surface area (Å²) in [6.07, 6.45) is 4.40. The number of benzene rings is 1. The second-order valence-electron chi connectivity index (χ2n) is 6.67. The van der Waals surface area contributed by atoms with Crippen LogP contribution in [0.25, 0.3) is 0 Å². The zero-order valence-corrected chi connectivity index (χ0v) is 15.5. The fourth-order valence-electron chi connectivity index (χ4n) is 3.58. The van der Waals surface area contributed by atoms with Crippen molar-refractivity contribution in [3.05, 3.63) is 35.9 Å². The number of amides is 1. The number of hydrogen-bond acceptors (Lipinski definition) is 4. The molecule has 1 unspecified atom stereocenters. The van der Waals surface area contributed by atoms with Crippen molar-refractivity contribution in [3.63, 3.8) is 0 Å². The molecule has 2 saturated heterocycles.